The lowest BCUT2D eigenvalue weighted by Crippen LogP contribution is -2.05. The fourth-order valence-corrected chi connectivity index (χ4v) is 2.37. The number of nitrogens with one attached hydrogen (secondary N) is 1. The van der Waals surface area contributed by atoms with Crippen LogP contribution in [-0.4, -0.2) is 30.8 Å². The molecule has 4 N–H and O–H groups in total. The van der Waals surface area contributed by atoms with Gasteiger partial charge in [-0.2, -0.15) is 9.97 Å². The molecule has 128 valence electrons. The van der Waals surface area contributed by atoms with Crippen molar-refractivity contribution in [3.63, 3.8) is 0 Å². The summed E-state index contributed by atoms with van der Waals surface area (Å²) in [6.07, 6.45) is 2.94. The van der Waals surface area contributed by atoms with Crippen LogP contribution in [0, 0.1) is 0 Å². The zero-order valence-electron chi connectivity index (χ0n) is 13.7. The minimum absolute atomic E-state index is 0.0529. The van der Waals surface area contributed by atoms with Crippen LogP contribution in [0.3, 0.4) is 0 Å². The standard InChI is InChI=1S/C17H18N6O2/c1-2-3-13(24)10-4-6-11(7-5-10)19-8-12-9-20-15-14(21-12)16(25)23-17(18)22-15/h4-7,9,19H,2-3,8H2,1H3,(H3,18,20,22,23,25). The highest BCUT2D eigenvalue weighted by atomic mass is 16.3. The Morgan fingerprint density at radius 3 is 2.68 bits per heavy atom. The molecule has 3 aromatic rings. The molecular weight excluding hydrogens is 320 g/mol. The number of nitrogens with two attached hydrogens (primary N) is 1. The van der Waals surface area contributed by atoms with E-state index in [1.54, 1.807) is 18.3 Å². The summed E-state index contributed by atoms with van der Waals surface area (Å²) in [6, 6.07) is 7.29. The van der Waals surface area contributed by atoms with Crippen molar-refractivity contribution in [1.29, 1.82) is 0 Å². The Morgan fingerprint density at radius 1 is 1.20 bits per heavy atom. The zero-order chi connectivity index (χ0) is 17.8. The van der Waals surface area contributed by atoms with Crippen LogP contribution in [0.4, 0.5) is 11.6 Å². The lowest BCUT2D eigenvalue weighted by atomic mass is 10.1. The Morgan fingerprint density at radius 2 is 1.96 bits per heavy atom. The molecule has 8 heteroatoms. The number of benzene rings is 1. The Kier molecular flexibility index (Phi) is 4.69. The minimum Gasteiger partial charge on any atom is -0.492 e. The number of ketones is 1. The summed E-state index contributed by atoms with van der Waals surface area (Å²) in [7, 11) is 0. The van der Waals surface area contributed by atoms with Gasteiger partial charge < -0.3 is 16.2 Å². The van der Waals surface area contributed by atoms with Crippen LogP contribution in [0.1, 0.15) is 35.8 Å². The van der Waals surface area contributed by atoms with Crippen LogP contribution in [0.5, 0.6) is 5.88 Å². The molecule has 0 aliphatic carbocycles. The molecule has 0 saturated heterocycles. The largest absolute Gasteiger partial charge is 0.492 e. The van der Waals surface area contributed by atoms with Crippen molar-refractivity contribution in [1.82, 2.24) is 19.9 Å². The van der Waals surface area contributed by atoms with E-state index in [1.165, 1.54) is 0 Å². The first-order chi connectivity index (χ1) is 12.1. The van der Waals surface area contributed by atoms with Crippen LogP contribution >= 0.6 is 0 Å². The van der Waals surface area contributed by atoms with Gasteiger partial charge in [-0.15, -0.1) is 0 Å². The van der Waals surface area contributed by atoms with Crippen LogP contribution in [0.25, 0.3) is 11.2 Å². The number of aromatic nitrogens is 4. The Balaban J connectivity index is 1.71. The number of fused-ring (bicyclic) bond motifs is 1. The number of nitrogens with zero attached hydrogens (tertiary/aromatic N) is 4. The molecule has 0 aliphatic rings. The summed E-state index contributed by atoms with van der Waals surface area (Å²) >= 11 is 0. The molecule has 0 saturated carbocycles. The summed E-state index contributed by atoms with van der Waals surface area (Å²) in [5, 5.41) is 13.0. The summed E-state index contributed by atoms with van der Waals surface area (Å²) < 4.78 is 0. The van der Waals surface area contributed by atoms with E-state index < -0.39 is 0 Å². The van der Waals surface area contributed by atoms with E-state index in [9.17, 15) is 9.90 Å². The molecule has 0 unspecified atom stereocenters. The van der Waals surface area contributed by atoms with Crippen molar-refractivity contribution in [2.75, 3.05) is 11.1 Å². The number of nitrogen functional groups attached to an aromatic ring is 1. The highest BCUT2D eigenvalue weighted by Gasteiger charge is 2.09. The number of carbonyl (C=O) groups is 1. The van der Waals surface area contributed by atoms with Crippen molar-refractivity contribution in [2.45, 2.75) is 26.3 Å². The second-order valence-electron chi connectivity index (χ2n) is 5.54. The van der Waals surface area contributed by atoms with Gasteiger partial charge in [-0.3, -0.25) is 4.79 Å². The van der Waals surface area contributed by atoms with Crippen molar-refractivity contribution >= 4 is 28.6 Å². The molecule has 0 radical (unpaired) electrons. The molecule has 0 bridgehead atoms. The normalized spacial score (nSPS) is 10.8. The van der Waals surface area contributed by atoms with Gasteiger partial charge in [0.25, 0.3) is 0 Å². The van der Waals surface area contributed by atoms with E-state index in [0.717, 1.165) is 12.1 Å². The van der Waals surface area contributed by atoms with Crippen LogP contribution in [-0.2, 0) is 6.54 Å². The molecule has 3 rings (SSSR count). The number of carbonyl (C=O) groups excluding carboxylic acids is 1. The minimum atomic E-state index is -0.296. The molecule has 1 aromatic carbocycles. The Bertz CT molecular complexity index is 911. The molecule has 0 fully saturated rings. The van der Waals surface area contributed by atoms with Gasteiger partial charge in [0.05, 0.1) is 18.4 Å². The molecule has 25 heavy (non-hydrogen) atoms. The first-order valence-corrected chi connectivity index (χ1v) is 7.92. The first-order valence-electron chi connectivity index (χ1n) is 7.92. The van der Waals surface area contributed by atoms with Gasteiger partial charge in [0.1, 0.15) is 0 Å². The fourth-order valence-electron chi connectivity index (χ4n) is 2.37. The molecule has 0 aliphatic heterocycles. The van der Waals surface area contributed by atoms with Gasteiger partial charge >= 0.3 is 0 Å². The third kappa shape index (κ3) is 3.79. The lowest BCUT2D eigenvalue weighted by molar-refractivity contribution is 0.0982. The highest BCUT2D eigenvalue weighted by molar-refractivity contribution is 5.96. The van der Waals surface area contributed by atoms with Crippen molar-refractivity contribution < 1.29 is 9.90 Å². The molecule has 0 atom stereocenters. The number of hydrogen-bond acceptors (Lipinski definition) is 8. The predicted octanol–water partition coefficient (Wildman–Crippen LogP) is 2.30. The van der Waals surface area contributed by atoms with Crippen molar-refractivity contribution in [3.8, 4) is 5.88 Å². The second-order valence-corrected chi connectivity index (χ2v) is 5.54. The van der Waals surface area contributed by atoms with E-state index >= 15 is 0 Å². The topological polar surface area (TPSA) is 127 Å². The highest BCUT2D eigenvalue weighted by Crippen LogP contribution is 2.19. The van der Waals surface area contributed by atoms with Gasteiger partial charge in [-0.05, 0) is 30.7 Å². The van der Waals surface area contributed by atoms with E-state index in [1.807, 2.05) is 19.1 Å². The Hall–Kier alpha value is -3.29. The van der Waals surface area contributed by atoms with E-state index in [0.29, 0.717) is 24.2 Å². The van der Waals surface area contributed by atoms with E-state index in [-0.39, 0.29) is 28.8 Å². The molecule has 8 nitrogen and oxygen atoms in total. The smallest absolute Gasteiger partial charge is 0.244 e. The van der Waals surface area contributed by atoms with Crippen molar-refractivity contribution in [2.24, 2.45) is 0 Å². The maximum absolute atomic E-state index is 11.8. The summed E-state index contributed by atoms with van der Waals surface area (Å²) in [5.41, 5.74) is 8.08. The monoisotopic (exact) mass is 338 g/mol. The van der Waals surface area contributed by atoms with Gasteiger partial charge in [-0.25, -0.2) is 9.97 Å². The van der Waals surface area contributed by atoms with Crippen LogP contribution in [0.2, 0.25) is 0 Å². The van der Waals surface area contributed by atoms with Gasteiger partial charge in [0, 0.05) is 17.7 Å². The fraction of sp³-hybridized carbons (Fsp3) is 0.235. The maximum Gasteiger partial charge on any atom is 0.244 e. The predicted molar refractivity (Wildman–Crippen MR) is 94.2 cm³/mol. The maximum atomic E-state index is 11.8. The summed E-state index contributed by atoms with van der Waals surface area (Å²) in [4.78, 5) is 27.8. The number of hydrogen-bond donors (Lipinski definition) is 3. The quantitative estimate of drug-likeness (QED) is 0.584. The zero-order valence-corrected chi connectivity index (χ0v) is 13.7. The third-order valence-corrected chi connectivity index (χ3v) is 3.61. The van der Waals surface area contributed by atoms with Crippen LogP contribution < -0.4 is 11.1 Å². The Labute approximate surface area is 144 Å². The molecule has 0 spiro atoms. The first kappa shape index (κ1) is 16.6. The van der Waals surface area contributed by atoms with E-state index in [4.69, 9.17) is 5.73 Å². The van der Waals surface area contributed by atoms with Gasteiger partial charge in [0.15, 0.2) is 16.9 Å². The number of Topliss-reactive ketones (excluding diaryl/α,β-unsaturated/α-hetero) is 1. The average Bonchev–Trinajstić information content (AvgIpc) is 2.61. The molecule has 2 aromatic heterocycles. The third-order valence-electron chi connectivity index (χ3n) is 3.61. The number of rotatable bonds is 6. The van der Waals surface area contributed by atoms with Crippen LogP contribution in [0.15, 0.2) is 30.5 Å². The second kappa shape index (κ2) is 7.08. The molecular formula is C17H18N6O2. The molecule has 0 amide bonds. The summed E-state index contributed by atoms with van der Waals surface area (Å²) in [6.45, 7) is 2.38. The average molecular weight is 338 g/mol. The van der Waals surface area contributed by atoms with Gasteiger partial charge in [-0.1, -0.05) is 6.92 Å². The summed E-state index contributed by atoms with van der Waals surface area (Å²) in [5.74, 6) is -0.206. The van der Waals surface area contributed by atoms with Crippen molar-refractivity contribution in [3.05, 3.63) is 41.7 Å². The number of anilines is 2. The van der Waals surface area contributed by atoms with Gasteiger partial charge in [0.2, 0.25) is 11.8 Å². The number of aromatic hydroxyl groups is 1. The lowest BCUT2D eigenvalue weighted by Gasteiger charge is -2.08. The van der Waals surface area contributed by atoms with E-state index in [2.05, 4.69) is 25.3 Å². The SMILES string of the molecule is CCCC(=O)c1ccc(NCc2cnc3nc(N)nc(O)c3n2)cc1. The molecule has 2 heterocycles.